The van der Waals surface area contributed by atoms with Gasteiger partial charge in [-0.05, 0) is 19.9 Å². The third kappa shape index (κ3) is 1.66. The zero-order valence-corrected chi connectivity index (χ0v) is 8.95. The van der Waals surface area contributed by atoms with Crippen molar-refractivity contribution in [3.63, 3.8) is 0 Å². The van der Waals surface area contributed by atoms with E-state index < -0.39 is 0 Å². The molecule has 1 N–H and O–H groups in total. The predicted molar refractivity (Wildman–Crippen MR) is 53.2 cm³/mol. The van der Waals surface area contributed by atoms with Gasteiger partial charge >= 0.3 is 0 Å². The van der Waals surface area contributed by atoms with E-state index in [0.29, 0.717) is 17.9 Å². The van der Waals surface area contributed by atoms with Crippen LogP contribution in [-0.2, 0) is 0 Å². The average Bonchev–Trinajstić information content (AvgIpc) is 2.71. The zero-order valence-electron chi connectivity index (χ0n) is 8.95. The smallest absolute Gasteiger partial charge is 0.231 e. The fourth-order valence-electron chi connectivity index (χ4n) is 1.83. The minimum Gasteiger partial charge on any atom is -0.339 e. The van der Waals surface area contributed by atoms with E-state index in [9.17, 15) is 0 Å². The molecule has 0 aliphatic carbocycles. The number of rotatable bonds is 2. The Morgan fingerprint density at radius 3 is 2.79 bits per heavy atom. The molecule has 1 saturated heterocycles. The van der Waals surface area contributed by atoms with E-state index in [2.05, 4.69) is 36.2 Å². The van der Waals surface area contributed by atoms with E-state index in [1.54, 1.807) is 0 Å². The molecule has 1 fully saturated rings. The third-order valence-corrected chi connectivity index (χ3v) is 2.82. The van der Waals surface area contributed by atoms with E-state index >= 15 is 0 Å². The topological polar surface area (TPSA) is 51.0 Å². The number of nitrogens with one attached hydrogen (secondary N) is 1. The first-order valence-electron chi connectivity index (χ1n) is 5.25. The van der Waals surface area contributed by atoms with Crippen LogP contribution in [0.25, 0.3) is 0 Å². The standard InChI is InChI=1S/C10H17N3O/c1-6(2)9-12-10(14-13-9)8-4-5-11-7(8)3/h6-8,11H,4-5H2,1-3H3. The molecular formula is C10H17N3O. The second-order valence-electron chi connectivity index (χ2n) is 4.28. The van der Waals surface area contributed by atoms with Gasteiger partial charge in [-0.15, -0.1) is 0 Å². The van der Waals surface area contributed by atoms with Crippen LogP contribution in [0.3, 0.4) is 0 Å². The highest BCUT2D eigenvalue weighted by Gasteiger charge is 2.29. The highest BCUT2D eigenvalue weighted by atomic mass is 16.5. The van der Waals surface area contributed by atoms with E-state index in [1.807, 2.05) is 0 Å². The first kappa shape index (κ1) is 9.65. The lowest BCUT2D eigenvalue weighted by atomic mass is 10.0. The molecule has 0 amide bonds. The Morgan fingerprint density at radius 1 is 1.50 bits per heavy atom. The molecule has 1 aromatic rings. The van der Waals surface area contributed by atoms with Crippen molar-refractivity contribution >= 4 is 0 Å². The molecule has 2 atom stereocenters. The van der Waals surface area contributed by atoms with Gasteiger partial charge in [0.05, 0.1) is 5.92 Å². The number of nitrogens with zero attached hydrogens (tertiary/aromatic N) is 2. The van der Waals surface area contributed by atoms with Crippen LogP contribution in [0.4, 0.5) is 0 Å². The maximum Gasteiger partial charge on any atom is 0.231 e. The van der Waals surface area contributed by atoms with Crippen molar-refractivity contribution in [1.29, 1.82) is 0 Å². The fraction of sp³-hybridized carbons (Fsp3) is 0.800. The maximum atomic E-state index is 5.28. The van der Waals surface area contributed by atoms with Gasteiger partial charge in [0.2, 0.25) is 5.89 Å². The molecular weight excluding hydrogens is 178 g/mol. The summed E-state index contributed by atoms with van der Waals surface area (Å²) in [6.07, 6.45) is 1.10. The van der Waals surface area contributed by atoms with E-state index in [-0.39, 0.29) is 0 Å². The molecule has 2 rings (SSSR count). The van der Waals surface area contributed by atoms with E-state index in [1.165, 1.54) is 0 Å². The number of hydrogen-bond donors (Lipinski definition) is 1. The van der Waals surface area contributed by atoms with Gasteiger partial charge in [-0.25, -0.2) is 0 Å². The van der Waals surface area contributed by atoms with E-state index in [0.717, 1.165) is 24.7 Å². The molecule has 0 radical (unpaired) electrons. The minimum absolute atomic E-state index is 0.345. The van der Waals surface area contributed by atoms with Crippen molar-refractivity contribution < 1.29 is 4.52 Å². The Balaban J connectivity index is 2.16. The Bertz CT molecular complexity index is 308. The molecule has 4 nitrogen and oxygen atoms in total. The van der Waals surface area contributed by atoms with Crippen LogP contribution in [0.5, 0.6) is 0 Å². The van der Waals surface area contributed by atoms with Crippen molar-refractivity contribution in [2.24, 2.45) is 0 Å². The summed E-state index contributed by atoms with van der Waals surface area (Å²) < 4.78 is 5.28. The minimum atomic E-state index is 0.345. The fourth-order valence-corrected chi connectivity index (χ4v) is 1.83. The summed E-state index contributed by atoms with van der Waals surface area (Å²) in [4.78, 5) is 4.42. The second kappa shape index (κ2) is 3.69. The van der Waals surface area contributed by atoms with Crippen LogP contribution in [0.15, 0.2) is 4.52 Å². The Labute approximate surface area is 84.1 Å². The summed E-state index contributed by atoms with van der Waals surface area (Å²) in [5.41, 5.74) is 0. The molecule has 0 bridgehead atoms. The van der Waals surface area contributed by atoms with Gasteiger partial charge < -0.3 is 9.84 Å². The summed E-state index contributed by atoms with van der Waals surface area (Å²) in [6, 6.07) is 0.454. The first-order chi connectivity index (χ1) is 6.68. The average molecular weight is 195 g/mol. The van der Waals surface area contributed by atoms with Crippen molar-refractivity contribution in [3.05, 3.63) is 11.7 Å². The van der Waals surface area contributed by atoms with Crippen LogP contribution < -0.4 is 5.32 Å². The highest BCUT2D eigenvalue weighted by molar-refractivity contribution is 5.03. The summed E-state index contributed by atoms with van der Waals surface area (Å²) in [7, 11) is 0. The lowest BCUT2D eigenvalue weighted by Gasteiger charge is -2.08. The first-order valence-corrected chi connectivity index (χ1v) is 5.25. The predicted octanol–water partition coefficient (Wildman–Crippen LogP) is 1.66. The van der Waals surface area contributed by atoms with Crippen LogP contribution in [0, 0.1) is 0 Å². The molecule has 2 unspecified atom stereocenters. The summed E-state index contributed by atoms with van der Waals surface area (Å²) in [5.74, 6) is 2.36. The quantitative estimate of drug-likeness (QED) is 0.779. The van der Waals surface area contributed by atoms with Gasteiger partial charge in [0.25, 0.3) is 0 Å². The SMILES string of the molecule is CC(C)c1noc(C2CCNC2C)n1. The van der Waals surface area contributed by atoms with Gasteiger partial charge in [0.15, 0.2) is 5.82 Å². The van der Waals surface area contributed by atoms with Gasteiger partial charge in [-0.1, -0.05) is 19.0 Å². The molecule has 0 saturated carbocycles. The number of aromatic nitrogens is 2. The largest absolute Gasteiger partial charge is 0.339 e. The molecule has 2 heterocycles. The summed E-state index contributed by atoms with van der Waals surface area (Å²) in [5, 5.41) is 7.36. The van der Waals surface area contributed by atoms with Crippen molar-refractivity contribution in [2.45, 2.75) is 45.1 Å². The normalized spacial score (nSPS) is 27.4. The molecule has 0 spiro atoms. The summed E-state index contributed by atoms with van der Waals surface area (Å²) >= 11 is 0. The van der Waals surface area contributed by atoms with Gasteiger partial charge in [-0.2, -0.15) is 4.98 Å². The zero-order chi connectivity index (χ0) is 10.1. The van der Waals surface area contributed by atoms with Gasteiger partial charge in [-0.3, -0.25) is 0 Å². The van der Waals surface area contributed by atoms with Gasteiger partial charge in [0, 0.05) is 12.0 Å². The Morgan fingerprint density at radius 2 is 2.29 bits per heavy atom. The maximum absolute atomic E-state index is 5.28. The molecule has 78 valence electrons. The van der Waals surface area contributed by atoms with E-state index in [4.69, 9.17) is 4.52 Å². The van der Waals surface area contributed by atoms with Crippen molar-refractivity contribution in [3.8, 4) is 0 Å². The second-order valence-corrected chi connectivity index (χ2v) is 4.28. The highest BCUT2D eigenvalue weighted by Crippen LogP contribution is 2.26. The summed E-state index contributed by atoms with van der Waals surface area (Å²) in [6.45, 7) is 7.36. The van der Waals surface area contributed by atoms with Gasteiger partial charge in [0.1, 0.15) is 0 Å². The molecule has 1 aliphatic rings. The van der Waals surface area contributed by atoms with Crippen LogP contribution in [-0.4, -0.2) is 22.7 Å². The van der Waals surface area contributed by atoms with Crippen molar-refractivity contribution in [1.82, 2.24) is 15.5 Å². The Hall–Kier alpha value is -0.900. The molecule has 14 heavy (non-hydrogen) atoms. The molecule has 1 aromatic heterocycles. The lowest BCUT2D eigenvalue weighted by Crippen LogP contribution is -2.21. The van der Waals surface area contributed by atoms with Crippen molar-refractivity contribution in [2.75, 3.05) is 6.54 Å². The number of hydrogen-bond acceptors (Lipinski definition) is 4. The Kier molecular flexibility index (Phi) is 2.54. The molecule has 4 heteroatoms. The third-order valence-electron chi connectivity index (χ3n) is 2.82. The lowest BCUT2D eigenvalue weighted by molar-refractivity contribution is 0.340. The molecule has 1 aliphatic heterocycles. The van der Waals surface area contributed by atoms with Crippen LogP contribution in [0.2, 0.25) is 0 Å². The van der Waals surface area contributed by atoms with Crippen LogP contribution >= 0.6 is 0 Å². The van der Waals surface area contributed by atoms with Crippen LogP contribution in [0.1, 0.15) is 50.7 Å². The monoisotopic (exact) mass is 195 g/mol. The molecule has 0 aromatic carbocycles.